The second-order valence-electron chi connectivity index (χ2n) is 3.42. The van der Waals surface area contributed by atoms with Crippen molar-refractivity contribution < 1.29 is 9.90 Å². The zero-order valence-electron chi connectivity index (χ0n) is 8.05. The van der Waals surface area contributed by atoms with Crippen molar-refractivity contribution in [2.24, 2.45) is 5.73 Å². The van der Waals surface area contributed by atoms with Gasteiger partial charge in [0.25, 0.3) is 5.91 Å². The van der Waals surface area contributed by atoms with Crippen LogP contribution in [0.1, 0.15) is 16.9 Å². The van der Waals surface area contributed by atoms with Crippen molar-refractivity contribution in [3.63, 3.8) is 0 Å². The van der Waals surface area contributed by atoms with Crippen molar-refractivity contribution in [1.29, 1.82) is 0 Å². The highest BCUT2D eigenvalue weighted by molar-refractivity contribution is 5.90. The molecule has 1 radical (unpaired) electrons. The van der Waals surface area contributed by atoms with Crippen LogP contribution in [0.25, 0.3) is 0 Å². The van der Waals surface area contributed by atoms with Crippen LogP contribution in [0.3, 0.4) is 0 Å². The van der Waals surface area contributed by atoms with Gasteiger partial charge in [0.05, 0.1) is 6.10 Å². The molecule has 1 amide bonds. The molecule has 15 heavy (non-hydrogen) atoms. The maximum absolute atomic E-state index is 10.9. The lowest BCUT2D eigenvalue weighted by atomic mass is 10.3. The van der Waals surface area contributed by atoms with E-state index in [1.54, 1.807) is 0 Å². The minimum Gasteiger partial charge on any atom is -0.391 e. The van der Waals surface area contributed by atoms with Gasteiger partial charge in [0.15, 0.2) is 0 Å². The molecule has 1 aromatic heterocycles. The van der Waals surface area contributed by atoms with Gasteiger partial charge in [-0.3, -0.25) is 4.79 Å². The van der Waals surface area contributed by atoms with E-state index in [2.05, 4.69) is 16.0 Å². The molecule has 79 valence electrons. The van der Waals surface area contributed by atoms with Crippen LogP contribution in [0, 0.1) is 6.07 Å². The first-order chi connectivity index (χ1) is 7.16. The number of carbonyl (C=O) groups excluding carboxylic acids is 1. The van der Waals surface area contributed by atoms with Gasteiger partial charge in [-0.15, -0.1) is 0 Å². The summed E-state index contributed by atoms with van der Waals surface area (Å²) in [5, 5.41) is 9.34. The van der Waals surface area contributed by atoms with Crippen molar-refractivity contribution >= 4 is 11.9 Å². The van der Waals surface area contributed by atoms with Gasteiger partial charge in [-0.05, 0) is 6.42 Å². The summed E-state index contributed by atoms with van der Waals surface area (Å²) < 4.78 is 0. The first kappa shape index (κ1) is 9.85. The van der Waals surface area contributed by atoms with E-state index in [9.17, 15) is 9.90 Å². The molecule has 0 spiro atoms. The van der Waals surface area contributed by atoms with E-state index >= 15 is 0 Å². The van der Waals surface area contributed by atoms with E-state index in [-0.39, 0.29) is 11.8 Å². The number of nitrogens with two attached hydrogens (primary N) is 1. The SMILES string of the molecule is NC(=O)c1[c]cnc(N2CC[C@@H](O)C2)n1. The highest BCUT2D eigenvalue weighted by atomic mass is 16.3. The van der Waals surface area contributed by atoms with Crippen LogP contribution < -0.4 is 10.6 Å². The highest BCUT2D eigenvalue weighted by Crippen LogP contribution is 2.15. The Kier molecular flexibility index (Phi) is 2.51. The fourth-order valence-electron chi connectivity index (χ4n) is 1.51. The van der Waals surface area contributed by atoms with Crippen molar-refractivity contribution in [2.75, 3.05) is 18.0 Å². The maximum Gasteiger partial charge on any atom is 0.268 e. The fourth-order valence-corrected chi connectivity index (χ4v) is 1.51. The molecule has 6 heteroatoms. The Morgan fingerprint density at radius 1 is 1.73 bits per heavy atom. The number of aliphatic hydroxyl groups excluding tert-OH is 1. The summed E-state index contributed by atoms with van der Waals surface area (Å²) in [4.78, 5) is 20.6. The number of hydrogen-bond acceptors (Lipinski definition) is 5. The molecule has 0 unspecified atom stereocenters. The second-order valence-corrected chi connectivity index (χ2v) is 3.42. The van der Waals surface area contributed by atoms with Crippen LogP contribution in [-0.4, -0.2) is 40.2 Å². The zero-order chi connectivity index (χ0) is 10.8. The lowest BCUT2D eigenvalue weighted by molar-refractivity contribution is 0.0995. The molecule has 3 N–H and O–H groups in total. The predicted octanol–water partition coefficient (Wildman–Crippen LogP) is -1.05. The van der Waals surface area contributed by atoms with E-state index < -0.39 is 5.91 Å². The summed E-state index contributed by atoms with van der Waals surface area (Å²) in [7, 11) is 0. The molecule has 0 saturated carbocycles. The molecule has 0 aromatic carbocycles. The molecule has 0 aliphatic carbocycles. The van der Waals surface area contributed by atoms with Gasteiger partial charge < -0.3 is 15.7 Å². The lowest BCUT2D eigenvalue weighted by Gasteiger charge is -2.14. The van der Waals surface area contributed by atoms with Gasteiger partial charge in [-0.1, -0.05) is 0 Å². The average Bonchev–Trinajstić information content (AvgIpc) is 2.65. The number of aromatic nitrogens is 2. The number of anilines is 1. The third kappa shape index (κ3) is 2.04. The van der Waals surface area contributed by atoms with Gasteiger partial charge >= 0.3 is 0 Å². The van der Waals surface area contributed by atoms with Crippen molar-refractivity contribution in [1.82, 2.24) is 9.97 Å². The van der Waals surface area contributed by atoms with Crippen molar-refractivity contribution in [3.8, 4) is 0 Å². The standard InChI is InChI=1S/C9H11N4O2/c10-8(15)7-1-3-11-9(12-7)13-4-2-6(14)5-13/h3,6,14H,2,4-5H2,(H2,10,15)/t6-/m1/s1. The van der Waals surface area contributed by atoms with Crippen LogP contribution in [0.4, 0.5) is 5.95 Å². The second kappa shape index (κ2) is 3.82. The number of rotatable bonds is 2. The summed E-state index contributed by atoms with van der Waals surface area (Å²) in [6.07, 6.45) is 1.70. The molecule has 1 saturated heterocycles. The maximum atomic E-state index is 10.9. The van der Waals surface area contributed by atoms with Crippen LogP contribution >= 0.6 is 0 Å². The molecule has 1 fully saturated rings. The lowest BCUT2D eigenvalue weighted by Crippen LogP contribution is -2.25. The topological polar surface area (TPSA) is 92.3 Å². The Balaban J connectivity index is 2.21. The summed E-state index contributed by atoms with van der Waals surface area (Å²) in [5.74, 6) is -0.211. The van der Waals surface area contributed by atoms with Crippen molar-refractivity contribution in [2.45, 2.75) is 12.5 Å². The number of carbonyl (C=O) groups is 1. The minimum atomic E-state index is -0.626. The van der Waals surface area contributed by atoms with Crippen molar-refractivity contribution in [3.05, 3.63) is 18.0 Å². The van der Waals surface area contributed by atoms with Crippen LogP contribution in [0.15, 0.2) is 6.20 Å². The molecule has 2 rings (SSSR count). The van der Waals surface area contributed by atoms with E-state index in [1.807, 2.05) is 4.90 Å². The fraction of sp³-hybridized carbons (Fsp3) is 0.444. The molecule has 1 aromatic rings. The number of primary amides is 1. The van der Waals surface area contributed by atoms with Crippen LogP contribution in [-0.2, 0) is 0 Å². The minimum absolute atomic E-state index is 0.0707. The number of nitrogens with zero attached hydrogens (tertiary/aromatic N) is 3. The third-order valence-corrected chi connectivity index (χ3v) is 2.27. The summed E-state index contributed by atoms with van der Waals surface area (Å²) in [6, 6.07) is 2.56. The molecule has 1 aliphatic heterocycles. The van der Waals surface area contributed by atoms with Gasteiger partial charge in [0.2, 0.25) is 5.95 Å². The number of β-amino-alcohol motifs (C(OH)–C–C–N with tert-alkyl or cyclic N) is 1. The Hall–Kier alpha value is -1.69. The first-order valence-corrected chi connectivity index (χ1v) is 4.64. The third-order valence-electron chi connectivity index (χ3n) is 2.27. The van der Waals surface area contributed by atoms with Gasteiger partial charge in [-0.25, -0.2) is 9.97 Å². The molecule has 0 bridgehead atoms. The first-order valence-electron chi connectivity index (χ1n) is 4.64. The molecular weight excluding hydrogens is 196 g/mol. The highest BCUT2D eigenvalue weighted by Gasteiger charge is 2.22. The average molecular weight is 207 g/mol. The van der Waals surface area contributed by atoms with Gasteiger partial charge in [0, 0.05) is 25.4 Å². The molecule has 6 nitrogen and oxygen atoms in total. The largest absolute Gasteiger partial charge is 0.391 e. The monoisotopic (exact) mass is 207 g/mol. The quantitative estimate of drug-likeness (QED) is 0.645. The van der Waals surface area contributed by atoms with Crippen LogP contribution in [0.2, 0.25) is 0 Å². The summed E-state index contributed by atoms with van der Waals surface area (Å²) in [5.41, 5.74) is 5.15. The van der Waals surface area contributed by atoms with E-state index in [4.69, 9.17) is 5.73 Å². The van der Waals surface area contributed by atoms with E-state index in [0.717, 1.165) is 0 Å². The molecule has 2 heterocycles. The number of aliphatic hydroxyl groups is 1. The predicted molar refractivity (Wildman–Crippen MR) is 52.2 cm³/mol. The zero-order valence-corrected chi connectivity index (χ0v) is 8.05. The van der Waals surface area contributed by atoms with E-state index in [0.29, 0.717) is 25.5 Å². The molecule has 1 aliphatic rings. The Morgan fingerprint density at radius 3 is 3.13 bits per heavy atom. The molecular formula is C9H11N4O2. The number of amides is 1. The molecule has 1 atom stereocenters. The Bertz CT molecular complexity index is 382. The summed E-state index contributed by atoms with van der Waals surface area (Å²) in [6.45, 7) is 1.17. The number of hydrogen-bond donors (Lipinski definition) is 2. The van der Waals surface area contributed by atoms with Gasteiger partial charge in [-0.2, -0.15) is 0 Å². The normalized spacial score (nSPS) is 20.6. The van der Waals surface area contributed by atoms with Gasteiger partial charge in [0.1, 0.15) is 5.69 Å². The van der Waals surface area contributed by atoms with Crippen LogP contribution in [0.5, 0.6) is 0 Å². The smallest absolute Gasteiger partial charge is 0.268 e. The Labute approximate surface area is 86.7 Å². The Morgan fingerprint density at radius 2 is 2.53 bits per heavy atom. The van der Waals surface area contributed by atoms with E-state index in [1.165, 1.54) is 6.20 Å². The summed E-state index contributed by atoms with van der Waals surface area (Å²) >= 11 is 0.